The maximum atomic E-state index is 11.2. The Morgan fingerprint density at radius 2 is 1.47 bits per heavy atom. The van der Waals surface area contributed by atoms with E-state index in [1.165, 1.54) is 0 Å². The normalized spacial score (nSPS) is 9.59. The molecule has 88 valence electrons. The number of anilines is 1. The maximum absolute atomic E-state index is 11.2. The first-order valence-corrected chi connectivity index (χ1v) is 7.01. The standard InChI is InChI=1S/C8H5I3N2O3.Na.H/c9-3-1(7(13)14)4(10)6(12)5(11)2(3)8(15)16;;/h12H2,(H2,13,14)(H,15,16);;/q;+1;-1. The number of hydrogen-bond donors (Lipinski definition) is 3. The number of carbonyl (C=O) groups excluding carboxylic acids is 1. The molecule has 0 aromatic heterocycles. The Bertz CT molecular complexity index is 472. The molecule has 9 heteroatoms. The van der Waals surface area contributed by atoms with E-state index in [2.05, 4.69) is 0 Å². The van der Waals surface area contributed by atoms with Gasteiger partial charge in [0.25, 0.3) is 5.91 Å². The number of aromatic carboxylic acids is 1. The number of carbonyl (C=O) groups is 2. The van der Waals surface area contributed by atoms with E-state index in [4.69, 9.17) is 16.6 Å². The maximum Gasteiger partial charge on any atom is 1.00 e. The number of nitrogen functional groups attached to an aromatic ring is 1. The summed E-state index contributed by atoms with van der Waals surface area (Å²) in [4.78, 5) is 22.3. The van der Waals surface area contributed by atoms with Crippen LogP contribution in [-0.4, -0.2) is 17.0 Å². The number of hydrogen-bond acceptors (Lipinski definition) is 3. The van der Waals surface area contributed by atoms with E-state index in [0.717, 1.165) is 0 Å². The first-order valence-electron chi connectivity index (χ1n) is 3.78. The fraction of sp³-hybridized carbons (Fsp3) is 0. The van der Waals surface area contributed by atoms with Crippen LogP contribution < -0.4 is 41.0 Å². The van der Waals surface area contributed by atoms with Crippen LogP contribution in [0.2, 0.25) is 0 Å². The van der Waals surface area contributed by atoms with E-state index < -0.39 is 11.9 Å². The van der Waals surface area contributed by atoms with Crippen LogP contribution in [0.4, 0.5) is 5.69 Å². The van der Waals surface area contributed by atoms with E-state index in [1.54, 1.807) is 22.6 Å². The number of primary amides is 1. The van der Waals surface area contributed by atoms with Crippen LogP contribution in [0.5, 0.6) is 0 Å². The molecule has 0 aliphatic heterocycles. The second-order valence-corrected chi connectivity index (χ2v) is 6.01. The molecule has 0 heterocycles. The summed E-state index contributed by atoms with van der Waals surface area (Å²) in [6, 6.07) is 0. The summed E-state index contributed by atoms with van der Waals surface area (Å²) < 4.78 is 1.23. The molecule has 0 bridgehead atoms. The van der Waals surface area contributed by atoms with Crippen molar-refractivity contribution in [2.75, 3.05) is 5.73 Å². The minimum atomic E-state index is -1.13. The number of amides is 1. The van der Waals surface area contributed by atoms with Gasteiger partial charge in [-0.1, -0.05) is 0 Å². The van der Waals surface area contributed by atoms with Crippen molar-refractivity contribution in [2.45, 2.75) is 0 Å². The first kappa shape index (κ1) is 18.1. The second kappa shape index (κ2) is 7.07. The van der Waals surface area contributed by atoms with Crippen LogP contribution >= 0.6 is 67.8 Å². The molecule has 0 fully saturated rings. The van der Waals surface area contributed by atoms with Gasteiger partial charge in [0.05, 0.1) is 24.0 Å². The van der Waals surface area contributed by atoms with E-state index >= 15 is 0 Å². The van der Waals surface area contributed by atoms with Gasteiger partial charge in [-0.25, -0.2) is 4.79 Å². The van der Waals surface area contributed by atoms with Crippen molar-refractivity contribution < 1.29 is 45.7 Å². The van der Waals surface area contributed by atoms with Crippen LogP contribution in [0.15, 0.2) is 0 Å². The Morgan fingerprint density at radius 3 is 1.82 bits per heavy atom. The van der Waals surface area contributed by atoms with Crippen LogP contribution in [0, 0.1) is 10.7 Å². The largest absolute Gasteiger partial charge is 1.00 e. The number of carboxylic acids is 1. The van der Waals surface area contributed by atoms with Crippen LogP contribution in [0.1, 0.15) is 22.1 Å². The molecule has 0 aliphatic rings. The van der Waals surface area contributed by atoms with Crippen LogP contribution in [0.3, 0.4) is 0 Å². The third kappa shape index (κ3) is 3.58. The van der Waals surface area contributed by atoms with Crippen LogP contribution in [0.25, 0.3) is 0 Å². The number of nitrogens with two attached hydrogens (primary N) is 2. The Labute approximate surface area is 162 Å². The SMILES string of the molecule is NC(=O)c1c(I)c(N)c(I)c(C(=O)O)c1I.[H-].[Na+]. The van der Waals surface area contributed by atoms with Gasteiger partial charge in [-0.15, -0.1) is 0 Å². The van der Waals surface area contributed by atoms with E-state index in [0.29, 0.717) is 10.7 Å². The molecule has 1 aromatic rings. The van der Waals surface area contributed by atoms with Gasteiger partial charge in [-0.2, -0.15) is 0 Å². The zero-order chi connectivity index (χ0) is 12.6. The number of rotatable bonds is 2. The van der Waals surface area contributed by atoms with Crippen molar-refractivity contribution in [1.29, 1.82) is 0 Å². The molecule has 0 saturated heterocycles. The van der Waals surface area contributed by atoms with Gasteiger partial charge in [0, 0.05) is 3.57 Å². The molecule has 0 spiro atoms. The predicted octanol–water partition coefficient (Wildman–Crippen LogP) is -1.00. The van der Waals surface area contributed by atoms with Gasteiger partial charge >= 0.3 is 35.5 Å². The topological polar surface area (TPSA) is 106 Å². The number of carboxylic acid groups (broad SMARTS) is 1. The molecule has 1 rings (SSSR count). The zero-order valence-corrected chi connectivity index (χ0v) is 17.0. The van der Waals surface area contributed by atoms with Crippen molar-refractivity contribution in [2.24, 2.45) is 5.73 Å². The molecule has 17 heavy (non-hydrogen) atoms. The van der Waals surface area contributed by atoms with Gasteiger partial charge < -0.3 is 18.0 Å². The summed E-state index contributed by atoms with van der Waals surface area (Å²) in [6.45, 7) is 0. The van der Waals surface area contributed by atoms with E-state index in [-0.39, 0.29) is 47.8 Å². The fourth-order valence-electron chi connectivity index (χ4n) is 1.09. The fourth-order valence-corrected chi connectivity index (χ4v) is 5.25. The summed E-state index contributed by atoms with van der Waals surface area (Å²) in [5.74, 6) is -1.81. The van der Waals surface area contributed by atoms with Gasteiger partial charge in [0.2, 0.25) is 0 Å². The van der Waals surface area contributed by atoms with Crippen LogP contribution in [-0.2, 0) is 0 Å². The zero-order valence-electron chi connectivity index (χ0n) is 9.55. The number of benzene rings is 1. The molecule has 5 nitrogen and oxygen atoms in total. The average Bonchev–Trinajstić information content (AvgIpc) is 2.13. The molecule has 0 atom stereocenters. The number of halogens is 3. The summed E-state index contributed by atoms with van der Waals surface area (Å²) in [6.07, 6.45) is 0. The Hall–Kier alpha value is 1.15. The molecule has 1 aromatic carbocycles. The van der Waals surface area contributed by atoms with Crippen molar-refractivity contribution in [3.8, 4) is 0 Å². The van der Waals surface area contributed by atoms with E-state index in [1.807, 2.05) is 45.2 Å². The Balaban J connectivity index is 0. The van der Waals surface area contributed by atoms with Gasteiger partial charge in [-0.3, -0.25) is 4.79 Å². The third-order valence-electron chi connectivity index (χ3n) is 1.81. The summed E-state index contributed by atoms with van der Waals surface area (Å²) in [7, 11) is 0. The first-order chi connectivity index (χ1) is 7.29. The van der Waals surface area contributed by atoms with Gasteiger partial charge in [-0.05, 0) is 67.8 Å². The molecule has 1 amide bonds. The van der Waals surface area contributed by atoms with E-state index in [9.17, 15) is 9.59 Å². The van der Waals surface area contributed by atoms with Crippen molar-refractivity contribution in [3.63, 3.8) is 0 Å². The van der Waals surface area contributed by atoms with Crippen molar-refractivity contribution in [3.05, 3.63) is 21.8 Å². The summed E-state index contributed by atoms with van der Waals surface area (Å²) in [5.41, 5.74) is 11.4. The summed E-state index contributed by atoms with van der Waals surface area (Å²) in [5, 5.41) is 9.05. The molecule has 0 radical (unpaired) electrons. The minimum absolute atomic E-state index is 0. The second-order valence-electron chi connectivity index (χ2n) is 2.78. The quantitative estimate of drug-likeness (QED) is 0.237. The monoisotopic (exact) mass is 582 g/mol. The van der Waals surface area contributed by atoms with Crippen molar-refractivity contribution >= 4 is 85.3 Å². The molecule has 5 N–H and O–H groups in total. The third-order valence-corrected chi connectivity index (χ3v) is 5.13. The van der Waals surface area contributed by atoms with Crippen molar-refractivity contribution in [1.82, 2.24) is 0 Å². The molecule has 0 saturated carbocycles. The molecule has 0 unspecified atom stereocenters. The smallest absolute Gasteiger partial charge is 1.00 e. The Morgan fingerprint density at radius 1 is 1.06 bits per heavy atom. The van der Waals surface area contributed by atoms with Gasteiger partial charge in [0.1, 0.15) is 0 Å². The molecular formula is C8H6I3N2NaO3. The molecular weight excluding hydrogens is 576 g/mol. The average molecular weight is 582 g/mol. The Kier molecular flexibility index (Phi) is 7.55. The molecule has 0 aliphatic carbocycles. The predicted molar refractivity (Wildman–Crippen MR) is 85.6 cm³/mol. The van der Waals surface area contributed by atoms with Gasteiger partial charge in [0.15, 0.2) is 0 Å². The minimum Gasteiger partial charge on any atom is -1.00 e. The summed E-state index contributed by atoms with van der Waals surface area (Å²) >= 11 is 5.52.